The molecule has 0 N–H and O–H groups in total. The third kappa shape index (κ3) is 18.0. The normalized spacial score (nSPS) is 13.2. The fraction of sp³-hybridized carbons (Fsp3) is 0.0294. The van der Waals surface area contributed by atoms with Crippen LogP contribution in [0.3, 0.4) is 0 Å². The molecule has 0 aliphatic heterocycles. The quantitative estimate of drug-likeness (QED) is 0.0673. The van der Waals surface area contributed by atoms with Crippen LogP contribution in [0.1, 0.15) is 49.7 Å². The summed E-state index contributed by atoms with van der Waals surface area (Å²) >= 11 is 0. The van der Waals surface area contributed by atoms with Gasteiger partial charge in [0, 0.05) is 86.6 Å². The van der Waals surface area contributed by atoms with E-state index in [-0.39, 0.29) is 70.6 Å². The molecule has 23 rings (SSSR count). The van der Waals surface area contributed by atoms with Gasteiger partial charge in [-0.2, -0.15) is 0 Å². The lowest BCUT2D eigenvalue weighted by atomic mass is 9.86. The number of benzene rings is 18. The summed E-state index contributed by atoms with van der Waals surface area (Å²) in [5.74, 6) is 0.543. The Morgan fingerprint density at radius 2 is 0.324 bits per heavy atom. The number of aryl methyl sites for hydroxylation is 4. The molecule has 0 radical (unpaired) electrons. The van der Waals surface area contributed by atoms with E-state index in [2.05, 4.69) is 255 Å². The van der Waals surface area contributed by atoms with E-state index < -0.39 is 72.5 Å². The van der Waals surface area contributed by atoms with Gasteiger partial charge in [0.15, 0.2) is 5.82 Å². The number of nitrogens with zero attached hydrogens (tertiary/aromatic N) is 6. The van der Waals surface area contributed by atoms with Gasteiger partial charge in [-0.25, -0.2) is 9.97 Å². The van der Waals surface area contributed by atoms with Gasteiger partial charge in [-0.05, 0) is 272 Å². The van der Waals surface area contributed by atoms with Crippen LogP contribution < -0.4 is 0 Å². The van der Waals surface area contributed by atoms with Crippen molar-refractivity contribution in [3.05, 3.63) is 532 Å². The van der Waals surface area contributed by atoms with Crippen LogP contribution in [-0.4, -0.2) is 29.9 Å². The van der Waals surface area contributed by atoms with E-state index in [4.69, 9.17) is 57.3 Å². The Morgan fingerprint density at radius 3 is 0.521 bits per heavy atom. The maximum Gasteiger partial charge on any atom is 0.159 e. The number of aromatic nitrogens is 6. The van der Waals surface area contributed by atoms with Crippen molar-refractivity contribution >= 4 is 0 Å². The van der Waals surface area contributed by atoms with Gasteiger partial charge in [0.2, 0.25) is 0 Å². The second kappa shape index (κ2) is 39.0. The minimum absolute atomic E-state index is 0.0975. The average Bonchev–Trinajstić information content (AvgIpc) is 0.773. The van der Waals surface area contributed by atoms with Crippen molar-refractivity contribution in [1.29, 1.82) is 0 Å². The first-order valence-electron chi connectivity index (χ1n) is 56.8. The van der Waals surface area contributed by atoms with Crippen LogP contribution in [0.5, 0.6) is 0 Å². The molecule has 18 aromatic carbocycles. The zero-order valence-electron chi connectivity index (χ0n) is 97.6. The molecule has 6 heteroatoms. The smallest absolute Gasteiger partial charge is 0.159 e. The zero-order chi connectivity index (χ0) is 113. The molecule has 0 aliphatic carbocycles. The molecule has 142 heavy (non-hydrogen) atoms. The molecule has 0 spiro atoms. The van der Waals surface area contributed by atoms with Crippen LogP contribution in [0.2, 0.25) is 0 Å². The third-order valence-electron chi connectivity index (χ3n) is 26.4. The first-order chi connectivity index (χ1) is 78.3. The maximum atomic E-state index is 8.72. The highest BCUT2D eigenvalue weighted by atomic mass is 14.9. The van der Waals surface area contributed by atoms with Crippen molar-refractivity contribution in [3.63, 3.8) is 0 Å². The summed E-state index contributed by atoms with van der Waals surface area (Å²) < 4.78 is 170. The Labute approximate surface area is 858 Å². The average molecular weight is 1830 g/mol. The molecular formula is C136H96N6. The highest BCUT2D eigenvalue weighted by molar-refractivity contribution is 5.98. The van der Waals surface area contributed by atoms with Crippen molar-refractivity contribution < 1.29 is 27.4 Å². The molecule has 5 aromatic heterocycles. The number of hydrogen-bond acceptors (Lipinski definition) is 6. The van der Waals surface area contributed by atoms with Crippen molar-refractivity contribution in [1.82, 2.24) is 29.9 Å². The Balaban J connectivity index is 0.564. The molecule has 0 fully saturated rings. The van der Waals surface area contributed by atoms with E-state index in [1.807, 2.05) is 131 Å². The molecule has 0 aliphatic rings. The summed E-state index contributed by atoms with van der Waals surface area (Å²) in [6.07, 6.45) is 8.12. The van der Waals surface area contributed by atoms with Crippen molar-refractivity contribution in [3.8, 4) is 246 Å². The van der Waals surface area contributed by atoms with Crippen LogP contribution in [-0.2, 0) is 0 Å². The summed E-state index contributed by atoms with van der Waals surface area (Å²) in [5, 5.41) is 0. The van der Waals surface area contributed by atoms with Crippen LogP contribution in [0.25, 0.3) is 246 Å². The lowest BCUT2D eigenvalue weighted by molar-refractivity contribution is 1.18. The van der Waals surface area contributed by atoms with Crippen molar-refractivity contribution in [2.45, 2.75) is 27.7 Å². The van der Waals surface area contributed by atoms with Gasteiger partial charge in [0.1, 0.15) is 0 Å². The van der Waals surface area contributed by atoms with E-state index in [9.17, 15) is 0 Å². The Bertz CT molecular complexity index is 8840. The largest absolute Gasteiger partial charge is 0.256 e. The number of rotatable bonds is 22. The van der Waals surface area contributed by atoms with Crippen LogP contribution in [0.15, 0.2) is 510 Å². The molecule has 0 saturated carbocycles. The van der Waals surface area contributed by atoms with E-state index >= 15 is 0 Å². The van der Waals surface area contributed by atoms with E-state index in [1.54, 1.807) is 31.0 Å². The van der Waals surface area contributed by atoms with E-state index in [1.165, 1.54) is 0 Å². The molecule has 0 atom stereocenters. The SMILES string of the molecule is [2H]c1c([2H])c([2H])c(-c2cnc(-c3ccc(-c4ccccc4-c4cc(-c5ccccc5-c5ccc(-c6cc(C)c(-c7c([2H])c([2H])c([2H])c([2H])c7[2H])cn6)cc5)cc(-c5ccccc5-c5ccc(-c6ccnc(-c7ccc(-c8ccccc8-c8cc(-c9ccccc9-c9ccc(-c%10cc(C)c(-c%11c([2H])c([2H])c([2H])c([2H])c%11[2H])cn%10)cc9)cc(-c9ccccc9-c9ccc(-c%10cc(C)c(-c%11c([2H])c([2H])c([2H])c([2H])c%11[2H])cn%10)cc9)c8)cc7)n6)cc5)c4)cc3)cc2C)c([2H])c1[2H]. The van der Waals surface area contributed by atoms with Gasteiger partial charge in [0.05, 0.1) is 55.9 Å². The molecule has 670 valence electrons. The monoisotopic (exact) mass is 1830 g/mol. The molecule has 0 bridgehead atoms. The lowest BCUT2D eigenvalue weighted by Crippen LogP contribution is -1.93. The third-order valence-corrected chi connectivity index (χ3v) is 26.4. The minimum atomic E-state index is -0.459. The van der Waals surface area contributed by atoms with Gasteiger partial charge in [-0.3, -0.25) is 19.9 Å². The summed E-state index contributed by atoms with van der Waals surface area (Å²) in [7, 11) is 0. The van der Waals surface area contributed by atoms with Crippen LogP contribution in [0.4, 0.5) is 0 Å². The predicted molar refractivity (Wildman–Crippen MR) is 592 cm³/mol. The van der Waals surface area contributed by atoms with Crippen LogP contribution >= 0.6 is 0 Å². The molecule has 6 nitrogen and oxygen atoms in total. The zero-order valence-corrected chi connectivity index (χ0v) is 77.6. The first-order valence-corrected chi connectivity index (χ1v) is 46.8. The van der Waals surface area contributed by atoms with Gasteiger partial charge in [-0.15, -0.1) is 0 Å². The van der Waals surface area contributed by atoms with Gasteiger partial charge in [-0.1, -0.05) is 412 Å². The highest BCUT2D eigenvalue weighted by Gasteiger charge is 2.23. The second-order valence-electron chi connectivity index (χ2n) is 35.1. The minimum Gasteiger partial charge on any atom is -0.256 e. The van der Waals surface area contributed by atoms with Crippen molar-refractivity contribution in [2.75, 3.05) is 0 Å². The summed E-state index contributed by atoms with van der Waals surface area (Å²) in [5.41, 5.74) is 36.6. The molecule has 0 saturated heterocycles. The lowest BCUT2D eigenvalue weighted by Gasteiger charge is -2.18. The van der Waals surface area contributed by atoms with Gasteiger partial charge in [0.25, 0.3) is 0 Å². The predicted octanol–water partition coefficient (Wildman–Crippen LogP) is 36.0. The summed E-state index contributed by atoms with van der Waals surface area (Å²) in [4.78, 5) is 29.4. The molecule has 0 unspecified atom stereocenters. The Hall–Kier alpha value is -18.4. The van der Waals surface area contributed by atoms with Gasteiger partial charge >= 0.3 is 0 Å². The molecule has 5 heterocycles. The fourth-order valence-corrected chi connectivity index (χ4v) is 19.1. The standard InChI is InChI=1S/C136H96N6/c1-89-75-132(138-85-127(89)93-29-9-5-10-30-93)104-63-51-98(52-64-104)116-38-18-24-44-122(116)110-79-109(80-111(81-110)123-45-25-19-39-117(123)99-53-65-105(66-54-99)133-76-90(2)128(86-139-133)94-31-11-6-12-32-94)121-43-23-17-37-115(121)97-49-61-103(62-50-97)131-73-74-137-136(142-131)108-71-59-102(60-72-108)120-42-22-28-48-126(120)114-83-112(124-46-26-20-40-118(124)100-55-67-106(68-56-100)134-77-91(3)129(87-140-134)95-33-13-7-14-34-95)82-113(84-114)125-47-27-21-41-119(125)101-57-69-107(70-58-101)135-78-92(4)130(88-141-135)96-35-15-8-16-36-96/h5-88H,1-4H3/i5D,6D,7D,8D,9D,10D,11D,12D,13D,14D,15D,16D,29D,30D,31D,32D,33D,34D,35D,36D. The van der Waals surface area contributed by atoms with E-state index in [0.717, 1.165) is 173 Å². The second-order valence-corrected chi connectivity index (χ2v) is 35.1. The molecule has 0 amide bonds. The first kappa shape index (κ1) is 67.8. The summed E-state index contributed by atoms with van der Waals surface area (Å²) in [6, 6.07) is 116. The van der Waals surface area contributed by atoms with Crippen molar-refractivity contribution in [2.24, 2.45) is 0 Å². The topological polar surface area (TPSA) is 77.3 Å². The highest BCUT2D eigenvalue weighted by Crippen LogP contribution is 2.48. The Morgan fingerprint density at radius 1 is 0.148 bits per heavy atom. The maximum absolute atomic E-state index is 8.72. The van der Waals surface area contributed by atoms with E-state index in [0.29, 0.717) is 73.1 Å². The Kier molecular flexibility index (Phi) is 18.6. The van der Waals surface area contributed by atoms with Crippen LogP contribution in [0, 0.1) is 27.7 Å². The summed E-state index contributed by atoms with van der Waals surface area (Å²) in [6.45, 7) is 7.41. The fourth-order valence-electron chi connectivity index (χ4n) is 19.1. The number of hydrogen-bond donors (Lipinski definition) is 0. The molecular weight excluding hydrogens is 1720 g/mol. The molecule has 23 aromatic rings. The number of pyridine rings is 4. The van der Waals surface area contributed by atoms with Gasteiger partial charge < -0.3 is 0 Å².